The number of nitrogens with one attached hydrogen (secondary N) is 1. The Kier molecular flexibility index (Phi) is 51.9. The molecule has 366 valence electrons. The van der Waals surface area contributed by atoms with Gasteiger partial charge in [0.1, 0.15) is 0 Å². The van der Waals surface area contributed by atoms with Crippen molar-refractivity contribution < 1.29 is 15.0 Å². The van der Waals surface area contributed by atoms with Crippen molar-refractivity contribution in [2.45, 2.75) is 257 Å². The first kappa shape index (κ1) is 61.0. The van der Waals surface area contributed by atoms with Crippen LogP contribution in [0.5, 0.6) is 0 Å². The smallest absolute Gasteiger partial charge is 0.220 e. The van der Waals surface area contributed by atoms with Gasteiger partial charge in [0.05, 0.1) is 18.8 Å². The molecule has 0 bridgehead atoms. The molecule has 0 radical (unpaired) electrons. The molecule has 0 aromatic carbocycles. The largest absolute Gasteiger partial charge is 0.394 e. The molecule has 0 aromatic heterocycles. The number of hydrogen-bond donors (Lipinski definition) is 3. The molecule has 0 heterocycles. The first-order valence-corrected chi connectivity index (χ1v) is 27.1. The minimum absolute atomic E-state index is 0.0806. The highest BCUT2D eigenvalue weighted by Crippen LogP contribution is 2.15. The second-order valence-corrected chi connectivity index (χ2v) is 17.9. The maximum Gasteiger partial charge on any atom is 0.220 e. The summed E-state index contributed by atoms with van der Waals surface area (Å²) < 4.78 is 0. The van der Waals surface area contributed by atoms with Crippen LogP contribution >= 0.6 is 0 Å². The van der Waals surface area contributed by atoms with E-state index < -0.39 is 12.1 Å². The first-order chi connectivity index (χ1) is 31.7. The van der Waals surface area contributed by atoms with Crippen molar-refractivity contribution in [2.24, 2.45) is 0 Å². The Bertz CT molecular complexity index is 1230. The molecule has 0 aromatic rings. The molecule has 2 unspecified atom stereocenters. The lowest BCUT2D eigenvalue weighted by Crippen LogP contribution is -2.45. The van der Waals surface area contributed by atoms with Crippen molar-refractivity contribution in [3.63, 3.8) is 0 Å². The molecule has 0 aliphatic rings. The molecule has 0 aliphatic heterocycles. The van der Waals surface area contributed by atoms with Crippen LogP contribution in [0.15, 0.2) is 109 Å². The van der Waals surface area contributed by atoms with Crippen LogP contribution in [-0.4, -0.2) is 34.9 Å². The SMILES string of the molecule is CC/C=C\C/C=C\C/C=C\C/C=C\C/C=C\C/C=C\C/C=C\CCCCCCCCCCCCCC(=O)NC(CO)C(O)/C=C/CC/C=C/CCCCCCCCCCCCCCC. The van der Waals surface area contributed by atoms with Crippen LogP contribution in [0.25, 0.3) is 0 Å². The zero-order chi connectivity index (χ0) is 46.3. The van der Waals surface area contributed by atoms with Crippen molar-refractivity contribution in [3.8, 4) is 0 Å². The van der Waals surface area contributed by atoms with Crippen molar-refractivity contribution in [1.29, 1.82) is 0 Å². The topological polar surface area (TPSA) is 69.6 Å². The number of aliphatic hydroxyl groups is 2. The molecule has 4 heteroatoms. The van der Waals surface area contributed by atoms with E-state index in [-0.39, 0.29) is 12.5 Å². The van der Waals surface area contributed by atoms with Crippen molar-refractivity contribution in [1.82, 2.24) is 5.32 Å². The summed E-state index contributed by atoms with van der Waals surface area (Å²) in [7, 11) is 0. The second kappa shape index (κ2) is 54.4. The summed E-state index contributed by atoms with van der Waals surface area (Å²) in [5.74, 6) is -0.0806. The summed E-state index contributed by atoms with van der Waals surface area (Å²) in [4.78, 5) is 12.5. The average Bonchev–Trinajstić information content (AvgIpc) is 3.30. The van der Waals surface area contributed by atoms with Gasteiger partial charge in [0.25, 0.3) is 0 Å². The highest BCUT2D eigenvalue weighted by Gasteiger charge is 2.17. The quantitative estimate of drug-likeness (QED) is 0.0421. The molecule has 64 heavy (non-hydrogen) atoms. The van der Waals surface area contributed by atoms with Gasteiger partial charge in [-0.25, -0.2) is 0 Å². The predicted molar refractivity (Wildman–Crippen MR) is 285 cm³/mol. The fourth-order valence-electron chi connectivity index (χ4n) is 7.65. The van der Waals surface area contributed by atoms with Gasteiger partial charge in [-0.1, -0.05) is 258 Å². The third-order valence-corrected chi connectivity index (χ3v) is 11.7. The number of carbonyl (C=O) groups is 1. The Morgan fingerprint density at radius 3 is 1.09 bits per heavy atom. The van der Waals surface area contributed by atoms with Crippen molar-refractivity contribution >= 4 is 5.91 Å². The molecule has 0 saturated carbocycles. The number of hydrogen-bond acceptors (Lipinski definition) is 3. The first-order valence-electron chi connectivity index (χ1n) is 27.1. The molecule has 0 rings (SSSR count). The van der Waals surface area contributed by atoms with E-state index in [1.807, 2.05) is 6.08 Å². The van der Waals surface area contributed by atoms with E-state index in [0.29, 0.717) is 6.42 Å². The fraction of sp³-hybridized carbons (Fsp3) is 0.683. The third kappa shape index (κ3) is 50.1. The Balaban J connectivity index is 3.61. The number of aliphatic hydroxyl groups excluding tert-OH is 2. The number of carbonyl (C=O) groups excluding carboxylic acids is 1. The van der Waals surface area contributed by atoms with E-state index in [2.05, 4.69) is 116 Å². The van der Waals surface area contributed by atoms with Gasteiger partial charge < -0.3 is 15.5 Å². The molecule has 0 saturated heterocycles. The molecular formula is C60H103NO3. The Morgan fingerprint density at radius 2 is 0.703 bits per heavy atom. The lowest BCUT2D eigenvalue weighted by atomic mass is 10.0. The molecule has 3 N–H and O–H groups in total. The summed E-state index contributed by atoms with van der Waals surface area (Å²) in [5, 5.41) is 23.1. The Hall–Kier alpha value is -2.95. The van der Waals surface area contributed by atoms with Crippen LogP contribution in [0.4, 0.5) is 0 Å². The normalized spacial score (nSPS) is 13.8. The molecule has 0 spiro atoms. The highest BCUT2D eigenvalue weighted by atomic mass is 16.3. The van der Waals surface area contributed by atoms with E-state index >= 15 is 0 Å². The van der Waals surface area contributed by atoms with E-state index in [4.69, 9.17) is 0 Å². The van der Waals surface area contributed by atoms with E-state index in [0.717, 1.165) is 77.0 Å². The molecule has 4 nitrogen and oxygen atoms in total. The average molecular weight is 886 g/mol. The Morgan fingerprint density at radius 1 is 0.391 bits per heavy atom. The summed E-state index contributed by atoms with van der Waals surface area (Å²) >= 11 is 0. The van der Waals surface area contributed by atoms with Gasteiger partial charge in [-0.2, -0.15) is 0 Å². The summed E-state index contributed by atoms with van der Waals surface area (Å²) in [5.41, 5.74) is 0. The second-order valence-electron chi connectivity index (χ2n) is 17.9. The molecule has 2 atom stereocenters. The monoisotopic (exact) mass is 886 g/mol. The maximum atomic E-state index is 12.5. The highest BCUT2D eigenvalue weighted by molar-refractivity contribution is 5.76. The standard InChI is InChI=1S/C60H103NO3/c1-3-5-7-9-11-13-15-17-19-21-23-24-25-26-27-28-29-30-31-32-33-34-35-36-38-40-42-44-46-48-50-52-54-56-60(64)61-58(57-62)59(63)55-53-51-49-47-45-43-41-39-37-22-20-18-16-14-12-10-8-6-4-2/h5,7,11,13,17,19,23-24,26-27,29-30,32-33,45,47,53,55,58-59,62-63H,3-4,6,8-10,12,14-16,18,20-22,25,28,31,34-44,46,48-52,54,56-57H2,1-2H3,(H,61,64)/b7-5-,13-11-,19-17-,24-23-,27-26-,30-29-,33-32-,47-45+,55-53+. The van der Waals surface area contributed by atoms with Gasteiger partial charge >= 0.3 is 0 Å². The maximum absolute atomic E-state index is 12.5. The number of unbranched alkanes of at least 4 members (excludes halogenated alkanes) is 25. The number of allylic oxidation sites excluding steroid dienone is 17. The lowest BCUT2D eigenvalue weighted by Gasteiger charge is -2.19. The van der Waals surface area contributed by atoms with Crippen LogP contribution in [0, 0.1) is 0 Å². The summed E-state index contributed by atoms with van der Waals surface area (Å²) in [6.07, 6.45) is 82.3. The zero-order valence-electron chi connectivity index (χ0n) is 42.0. The third-order valence-electron chi connectivity index (χ3n) is 11.7. The predicted octanol–water partition coefficient (Wildman–Crippen LogP) is 17.9. The summed E-state index contributed by atoms with van der Waals surface area (Å²) in [6.45, 7) is 4.18. The van der Waals surface area contributed by atoms with Crippen LogP contribution in [-0.2, 0) is 4.79 Å². The van der Waals surface area contributed by atoms with Gasteiger partial charge in [-0.15, -0.1) is 0 Å². The summed E-state index contributed by atoms with van der Waals surface area (Å²) in [6, 6.07) is -0.648. The minimum atomic E-state index is -0.870. The van der Waals surface area contributed by atoms with Crippen LogP contribution < -0.4 is 5.32 Å². The Labute approximate surface area is 397 Å². The minimum Gasteiger partial charge on any atom is -0.394 e. The number of amides is 1. The zero-order valence-corrected chi connectivity index (χ0v) is 42.0. The van der Waals surface area contributed by atoms with Crippen LogP contribution in [0.1, 0.15) is 245 Å². The fourth-order valence-corrected chi connectivity index (χ4v) is 7.65. The number of rotatable bonds is 48. The van der Waals surface area contributed by atoms with Gasteiger partial charge in [0.2, 0.25) is 5.91 Å². The van der Waals surface area contributed by atoms with Crippen LogP contribution in [0.3, 0.4) is 0 Å². The van der Waals surface area contributed by atoms with Crippen LogP contribution in [0.2, 0.25) is 0 Å². The molecular weight excluding hydrogens is 783 g/mol. The van der Waals surface area contributed by atoms with Gasteiger partial charge in [-0.05, 0) is 89.9 Å². The molecule has 0 aliphatic carbocycles. The van der Waals surface area contributed by atoms with Crippen molar-refractivity contribution in [2.75, 3.05) is 6.61 Å². The van der Waals surface area contributed by atoms with E-state index in [9.17, 15) is 15.0 Å². The van der Waals surface area contributed by atoms with E-state index in [1.54, 1.807) is 6.08 Å². The molecule has 0 fully saturated rings. The van der Waals surface area contributed by atoms with E-state index in [1.165, 1.54) is 148 Å². The van der Waals surface area contributed by atoms with Gasteiger partial charge in [0.15, 0.2) is 0 Å². The van der Waals surface area contributed by atoms with Crippen molar-refractivity contribution in [3.05, 3.63) is 109 Å². The van der Waals surface area contributed by atoms with Gasteiger partial charge in [0, 0.05) is 6.42 Å². The molecule has 1 amide bonds. The van der Waals surface area contributed by atoms with Gasteiger partial charge in [-0.3, -0.25) is 4.79 Å². The lowest BCUT2D eigenvalue weighted by molar-refractivity contribution is -0.123.